The third-order valence-corrected chi connectivity index (χ3v) is 5.01. The molecule has 0 saturated carbocycles. The van der Waals surface area contributed by atoms with Crippen molar-refractivity contribution in [3.63, 3.8) is 0 Å². The second kappa shape index (κ2) is 6.81. The quantitative estimate of drug-likeness (QED) is 0.590. The first kappa shape index (κ1) is 16.0. The molecule has 0 atom stereocenters. The molecule has 4 heterocycles. The summed E-state index contributed by atoms with van der Waals surface area (Å²) in [5.41, 5.74) is 5.10. The molecule has 1 aliphatic rings. The predicted molar refractivity (Wildman–Crippen MR) is 108 cm³/mol. The molecular formula is C21H20N6. The minimum Gasteiger partial charge on any atom is -0.354 e. The minimum atomic E-state index is 0.936. The molecule has 6 nitrogen and oxygen atoms in total. The number of fused-ring (bicyclic) bond motifs is 1. The number of anilines is 1. The summed E-state index contributed by atoms with van der Waals surface area (Å²) in [5.74, 6) is 1.03. The summed E-state index contributed by atoms with van der Waals surface area (Å²) in [6.07, 6.45) is 5.64. The lowest BCUT2D eigenvalue weighted by Crippen LogP contribution is -2.43. The molecule has 4 aromatic rings. The third-order valence-electron chi connectivity index (χ3n) is 5.01. The first-order valence-electron chi connectivity index (χ1n) is 9.19. The van der Waals surface area contributed by atoms with E-state index in [4.69, 9.17) is 4.98 Å². The molecule has 0 radical (unpaired) electrons. The maximum Gasteiger partial charge on any atom is 0.128 e. The van der Waals surface area contributed by atoms with Crippen LogP contribution >= 0.6 is 0 Å². The van der Waals surface area contributed by atoms with Gasteiger partial charge in [0, 0.05) is 55.1 Å². The zero-order valence-electron chi connectivity index (χ0n) is 14.9. The Morgan fingerprint density at radius 3 is 2.48 bits per heavy atom. The van der Waals surface area contributed by atoms with Gasteiger partial charge in [0.2, 0.25) is 0 Å². The van der Waals surface area contributed by atoms with E-state index in [2.05, 4.69) is 67.9 Å². The highest BCUT2D eigenvalue weighted by Crippen LogP contribution is 2.26. The van der Waals surface area contributed by atoms with Gasteiger partial charge in [-0.1, -0.05) is 18.2 Å². The second-order valence-corrected chi connectivity index (χ2v) is 6.73. The van der Waals surface area contributed by atoms with Crippen LogP contribution in [0.1, 0.15) is 0 Å². The molecule has 134 valence electrons. The fraction of sp³-hybridized carbons (Fsp3) is 0.190. The number of nitrogens with zero attached hydrogens (tertiary/aromatic N) is 4. The minimum absolute atomic E-state index is 0.936. The summed E-state index contributed by atoms with van der Waals surface area (Å²) in [5, 5.41) is 11.4. The molecular weight excluding hydrogens is 336 g/mol. The van der Waals surface area contributed by atoms with E-state index in [0.717, 1.165) is 65.3 Å². The van der Waals surface area contributed by atoms with E-state index in [9.17, 15) is 0 Å². The van der Waals surface area contributed by atoms with Crippen molar-refractivity contribution in [3.05, 3.63) is 61.1 Å². The summed E-state index contributed by atoms with van der Waals surface area (Å²) in [4.78, 5) is 11.8. The van der Waals surface area contributed by atoms with Crippen LogP contribution in [0.4, 0.5) is 5.82 Å². The zero-order valence-corrected chi connectivity index (χ0v) is 14.9. The smallest absolute Gasteiger partial charge is 0.128 e. The monoisotopic (exact) mass is 356 g/mol. The van der Waals surface area contributed by atoms with Gasteiger partial charge in [-0.3, -0.25) is 5.10 Å². The molecule has 0 amide bonds. The summed E-state index contributed by atoms with van der Waals surface area (Å²) in [6, 6.07) is 14.7. The van der Waals surface area contributed by atoms with Gasteiger partial charge in [-0.2, -0.15) is 5.10 Å². The maximum absolute atomic E-state index is 4.86. The highest BCUT2D eigenvalue weighted by atomic mass is 15.2. The molecule has 0 bridgehead atoms. The van der Waals surface area contributed by atoms with Crippen molar-refractivity contribution in [1.29, 1.82) is 0 Å². The van der Waals surface area contributed by atoms with Gasteiger partial charge < -0.3 is 10.2 Å². The van der Waals surface area contributed by atoms with Crippen LogP contribution in [0.25, 0.3) is 33.3 Å². The Hall–Kier alpha value is -3.25. The van der Waals surface area contributed by atoms with Gasteiger partial charge in [0.25, 0.3) is 0 Å². The molecule has 0 aliphatic carbocycles. The normalized spacial score (nSPS) is 14.6. The standard InChI is InChI=1S/C21H20N6/c1-2-16(18-13-24-25-14-18)11-20-15(1)3-5-19(26-20)17-4-6-21(23-12-17)27-9-7-22-8-10-27/h1-6,11-14,22H,7-10H2,(H,24,25). The van der Waals surface area contributed by atoms with Crippen LogP contribution in [0.15, 0.2) is 61.1 Å². The van der Waals surface area contributed by atoms with E-state index in [0.29, 0.717) is 0 Å². The SMILES string of the molecule is c1cc2ccc(-c3ccc(N4CCNCC4)nc3)nc2cc1-c1cn[nH]c1. The fourth-order valence-electron chi connectivity index (χ4n) is 3.48. The van der Waals surface area contributed by atoms with E-state index in [1.807, 2.05) is 18.6 Å². The fourth-order valence-corrected chi connectivity index (χ4v) is 3.48. The van der Waals surface area contributed by atoms with Crippen molar-refractivity contribution < 1.29 is 0 Å². The Balaban J connectivity index is 1.47. The van der Waals surface area contributed by atoms with Gasteiger partial charge in [0.15, 0.2) is 0 Å². The topological polar surface area (TPSA) is 69.7 Å². The maximum atomic E-state index is 4.86. The van der Waals surface area contributed by atoms with Crippen molar-refractivity contribution in [3.8, 4) is 22.4 Å². The second-order valence-electron chi connectivity index (χ2n) is 6.73. The first-order valence-corrected chi connectivity index (χ1v) is 9.19. The molecule has 1 aliphatic heterocycles. The third kappa shape index (κ3) is 3.15. The Morgan fingerprint density at radius 2 is 1.70 bits per heavy atom. The molecule has 27 heavy (non-hydrogen) atoms. The summed E-state index contributed by atoms with van der Waals surface area (Å²) < 4.78 is 0. The van der Waals surface area contributed by atoms with E-state index in [1.54, 1.807) is 0 Å². The molecule has 1 saturated heterocycles. The number of piperazine rings is 1. The van der Waals surface area contributed by atoms with E-state index in [1.165, 1.54) is 0 Å². The van der Waals surface area contributed by atoms with Gasteiger partial charge in [0.1, 0.15) is 5.82 Å². The van der Waals surface area contributed by atoms with Crippen LogP contribution in [0.3, 0.4) is 0 Å². The van der Waals surface area contributed by atoms with Gasteiger partial charge in [0.05, 0.1) is 17.4 Å². The molecule has 5 rings (SSSR count). The summed E-state index contributed by atoms with van der Waals surface area (Å²) >= 11 is 0. The molecule has 0 unspecified atom stereocenters. The van der Waals surface area contributed by atoms with Crippen LogP contribution in [0, 0.1) is 0 Å². The number of pyridine rings is 2. The molecule has 0 spiro atoms. The van der Waals surface area contributed by atoms with Gasteiger partial charge in [-0.25, -0.2) is 9.97 Å². The van der Waals surface area contributed by atoms with Crippen molar-refractivity contribution in [2.75, 3.05) is 31.1 Å². The Morgan fingerprint density at radius 1 is 0.852 bits per heavy atom. The molecule has 1 fully saturated rings. The zero-order chi connectivity index (χ0) is 18.1. The molecule has 2 N–H and O–H groups in total. The van der Waals surface area contributed by atoms with Crippen LogP contribution < -0.4 is 10.2 Å². The summed E-state index contributed by atoms with van der Waals surface area (Å²) in [7, 11) is 0. The van der Waals surface area contributed by atoms with Crippen LogP contribution in [-0.2, 0) is 0 Å². The lowest BCUT2D eigenvalue weighted by Gasteiger charge is -2.28. The number of rotatable bonds is 3. The largest absolute Gasteiger partial charge is 0.354 e. The van der Waals surface area contributed by atoms with Gasteiger partial charge >= 0.3 is 0 Å². The van der Waals surface area contributed by atoms with Crippen LogP contribution in [0.2, 0.25) is 0 Å². The number of nitrogens with one attached hydrogen (secondary N) is 2. The Bertz CT molecular complexity index is 1050. The predicted octanol–water partition coefficient (Wildman–Crippen LogP) is 3.10. The van der Waals surface area contributed by atoms with Crippen molar-refractivity contribution in [2.24, 2.45) is 0 Å². The van der Waals surface area contributed by atoms with Gasteiger partial charge in [-0.05, 0) is 29.8 Å². The number of aromatic amines is 1. The first-order chi connectivity index (χ1) is 13.4. The van der Waals surface area contributed by atoms with E-state index in [-0.39, 0.29) is 0 Å². The van der Waals surface area contributed by atoms with Crippen molar-refractivity contribution in [1.82, 2.24) is 25.5 Å². The number of hydrogen-bond acceptors (Lipinski definition) is 5. The number of benzene rings is 1. The average molecular weight is 356 g/mol. The molecule has 6 heteroatoms. The summed E-state index contributed by atoms with van der Waals surface area (Å²) in [6.45, 7) is 4.01. The highest BCUT2D eigenvalue weighted by molar-refractivity contribution is 5.86. The molecule has 3 aromatic heterocycles. The highest BCUT2D eigenvalue weighted by Gasteiger charge is 2.12. The number of hydrogen-bond donors (Lipinski definition) is 2. The molecule has 1 aromatic carbocycles. The number of H-pyrrole nitrogens is 1. The van der Waals surface area contributed by atoms with E-state index >= 15 is 0 Å². The lowest BCUT2D eigenvalue weighted by molar-refractivity contribution is 0.585. The van der Waals surface area contributed by atoms with Crippen molar-refractivity contribution in [2.45, 2.75) is 0 Å². The Kier molecular flexibility index (Phi) is 4.03. The Labute approximate surface area is 157 Å². The number of aromatic nitrogens is 4. The lowest BCUT2D eigenvalue weighted by atomic mass is 10.1. The average Bonchev–Trinajstić information content (AvgIpc) is 3.29. The van der Waals surface area contributed by atoms with Crippen LogP contribution in [0.5, 0.6) is 0 Å². The van der Waals surface area contributed by atoms with Crippen LogP contribution in [-0.4, -0.2) is 46.3 Å². The van der Waals surface area contributed by atoms with Gasteiger partial charge in [-0.15, -0.1) is 0 Å². The van der Waals surface area contributed by atoms with Crippen molar-refractivity contribution >= 4 is 16.7 Å². The van der Waals surface area contributed by atoms with E-state index < -0.39 is 0 Å².